The first-order chi connectivity index (χ1) is 22.4. The number of hydrogen-bond donors (Lipinski definition) is 3. The van der Waals surface area contributed by atoms with Gasteiger partial charge in [-0.15, -0.1) is 0 Å². The third-order valence-electron chi connectivity index (χ3n) is 8.50. The normalized spacial score (nSPS) is 14.8. The van der Waals surface area contributed by atoms with Gasteiger partial charge >= 0.3 is 6.18 Å². The van der Waals surface area contributed by atoms with Crippen LogP contribution < -0.4 is 16.0 Å². The fraction of sp³-hybridized carbons (Fsp3) is 0.429. The number of hydrogen-bond acceptors (Lipinski definition) is 6. The van der Waals surface area contributed by atoms with Crippen molar-refractivity contribution in [2.75, 3.05) is 43.9 Å². The van der Waals surface area contributed by atoms with Gasteiger partial charge in [-0.1, -0.05) is 50.2 Å². The van der Waals surface area contributed by atoms with Gasteiger partial charge < -0.3 is 20.9 Å². The largest absolute Gasteiger partial charge is 0.401 e. The van der Waals surface area contributed by atoms with Crippen molar-refractivity contribution in [2.24, 2.45) is 5.41 Å². The average molecular weight is 653 g/mol. The van der Waals surface area contributed by atoms with Crippen LogP contribution in [-0.4, -0.2) is 71.9 Å². The molecule has 0 atom stereocenters. The first-order valence-corrected chi connectivity index (χ1v) is 15.8. The Balaban J connectivity index is 1.51. The Hall–Kier alpha value is -4.29. The van der Waals surface area contributed by atoms with Crippen molar-refractivity contribution in [3.63, 3.8) is 0 Å². The number of carbonyl (C=O) groups excluding carboxylic acids is 3. The minimum atomic E-state index is -4.31. The van der Waals surface area contributed by atoms with Crippen LogP contribution in [0.3, 0.4) is 0 Å². The molecule has 3 N–H and O–H groups in total. The number of rotatable bonds is 13. The van der Waals surface area contributed by atoms with Gasteiger partial charge in [0.05, 0.1) is 13.0 Å². The number of amides is 3. The van der Waals surface area contributed by atoms with Gasteiger partial charge in [-0.2, -0.15) is 13.2 Å². The molecule has 0 spiro atoms. The topological polar surface area (TPSA) is 107 Å². The van der Waals surface area contributed by atoms with E-state index in [1.165, 1.54) is 9.80 Å². The lowest BCUT2D eigenvalue weighted by Gasteiger charge is -2.41. The van der Waals surface area contributed by atoms with Crippen molar-refractivity contribution in [1.29, 1.82) is 0 Å². The number of piperidine rings is 1. The van der Waals surface area contributed by atoms with Gasteiger partial charge in [0.1, 0.15) is 12.4 Å². The van der Waals surface area contributed by atoms with E-state index in [0.717, 1.165) is 22.3 Å². The number of alkyl halides is 3. The monoisotopic (exact) mass is 652 g/mol. The quantitative estimate of drug-likeness (QED) is 0.235. The van der Waals surface area contributed by atoms with E-state index < -0.39 is 24.0 Å². The lowest BCUT2D eigenvalue weighted by Crippen LogP contribution is -2.51. The second kappa shape index (κ2) is 16.0. The molecular weight excluding hydrogens is 609 g/mol. The predicted octanol–water partition coefficient (Wildman–Crippen LogP) is 5.18. The second-order valence-corrected chi connectivity index (χ2v) is 12.2. The van der Waals surface area contributed by atoms with Gasteiger partial charge in [0.25, 0.3) is 0 Å². The van der Waals surface area contributed by atoms with Crippen molar-refractivity contribution in [3.8, 4) is 0 Å². The molecule has 252 valence electrons. The molecule has 2 heterocycles. The molecule has 0 bridgehead atoms. The lowest BCUT2D eigenvalue weighted by atomic mass is 9.78. The summed E-state index contributed by atoms with van der Waals surface area (Å²) in [4.78, 5) is 47.4. The maximum Gasteiger partial charge on any atom is 0.401 e. The molecule has 3 amide bonds. The van der Waals surface area contributed by atoms with E-state index in [-0.39, 0.29) is 57.3 Å². The number of carbonyl (C=O) groups is 3. The first kappa shape index (κ1) is 35.6. The molecule has 0 aliphatic carbocycles. The Morgan fingerprint density at radius 2 is 1.62 bits per heavy atom. The van der Waals surface area contributed by atoms with E-state index in [4.69, 9.17) is 0 Å². The van der Waals surface area contributed by atoms with Gasteiger partial charge in [0.15, 0.2) is 0 Å². The molecule has 12 heteroatoms. The van der Waals surface area contributed by atoms with Crippen LogP contribution in [0, 0.1) is 5.41 Å². The summed E-state index contributed by atoms with van der Waals surface area (Å²) in [5, 5.41) is 8.80. The summed E-state index contributed by atoms with van der Waals surface area (Å²) in [5.41, 5.74) is 3.13. The summed E-state index contributed by atoms with van der Waals surface area (Å²) < 4.78 is 39.0. The molecule has 3 aromatic rings. The standard InChI is InChI=1S/C35H43F3N6O3/c1-4-25-12-13-29(19-28(25)20-31(45)42-30-11-7-8-16-40-30)41-32(46)23-44(22-27-10-6-5-9-26(27)21-39-3)33(47)34(2)14-17-43(18-15-34)24-35(36,37)38/h5-13,16,19,39H,4,14-15,17-18,20-24H2,1-3H3,(H,41,46)(H,40,42,45). The zero-order chi connectivity index (χ0) is 34.0. The van der Waals surface area contributed by atoms with Crippen LogP contribution in [0.15, 0.2) is 66.9 Å². The van der Waals surface area contributed by atoms with Crippen molar-refractivity contribution in [1.82, 2.24) is 20.1 Å². The maximum absolute atomic E-state index is 14.1. The van der Waals surface area contributed by atoms with Gasteiger partial charge in [-0.05, 0) is 85.9 Å². The van der Waals surface area contributed by atoms with Crippen LogP contribution in [0.4, 0.5) is 24.7 Å². The lowest BCUT2D eigenvalue weighted by molar-refractivity contribution is -0.156. The number of aromatic nitrogens is 1. The Morgan fingerprint density at radius 3 is 2.26 bits per heavy atom. The zero-order valence-corrected chi connectivity index (χ0v) is 27.1. The van der Waals surface area contributed by atoms with Crippen LogP contribution in [-0.2, 0) is 40.3 Å². The van der Waals surface area contributed by atoms with Crippen molar-refractivity contribution < 1.29 is 27.6 Å². The number of pyridine rings is 1. The summed E-state index contributed by atoms with van der Waals surface area (Å²) in [7, 11) is 1.82. The number of benzene rings is 2. The number of anilines is 2. The number of nitrogens with one attached hydrogen (secondary N) is 3. The Kier molecular flexibility index (Phi) is 12.1. The SMILES string of the molecule is CCc1ccc(NC(=O)CN(Cc2ccccc2CNC)C(=O)C2(C)CCN(CC(F)(F)F)CC2)cc1CC(=O)Nc1ccccn1. The Labute approximate surface area is 273 Å². The molecule has 4 rings (SSSR count). The van der Waals surface area contributed by atoms with Crippen molar-refractivity contribution >= 4 is 29.2 Å². The number of aryl methyl sites for hydroxylation is 1. The van der Waals surface area contributed by atoms with E-state index in [2.05, 4.69) is 20.9 Å². The third-order valence-corrected chi connectivity index (χ3v) is 8.50. The molecule has 0 radical (unpaired) electrons. The van der Waals surface area contributed by atoms with E-state index >= 15 is 0 Å². The smallest absolute Gasteiger partial charge is 0.329 e. The fourth-order valence-corrected chi connectivity index (χ4v) is 5.92. The highest BCUT2D eigenvalue weighted by molar-refractivity contribution is 5.96. The molecule has 9 nitrogen and oxygen atoms in total. The maximum atomic E-state index is 14.1. The van der Waals surface area contributed by atoms with Gasteiger partial charge in [0, 0.05) is 30.4 Å². The molecule has 47 heavy (non-hydrogen) atoms. The van der Waals surface area contributed by atoms with Crippen molar-refractivity contribution in [2.45, 2.75) is 58.8 Å². The summed E-state index contributed by atoms with van der Waals surface area (Å²) in [6.45, 7) is 3.50. The molecule has 0 unspecified atom stereocenters. The molecule has 0 saturated carbocycles. The molecule has 1 aromatic heterocycles. The minimum Gasteiger partial charge on any atom is -0.329 e. The molecule has 1 aliphatic rings. The highest BCUT2D eigenvalue weighted by Crippen LogP contribution is 2.35. The highest BCUT2D eigenvalue weighted by atomic mass is 19.4. The number of halogens is 3. The number of likely N-dealkylation sites (tertiary alicyclic amines) is 1. The van der Waals surface area contributed by atoms with Crippen LogP contribution in [0.25, 0.3) is 0 Å². The molecule has 1 saturated heterocycles. The summed E-state index contributed by atoms with van der Waals surface area (Å²) in [6.07, 6.45) is -1.44. The zero-order valence-electron chi connectivity index (χ0n) is 27.1. The molecule has 1 aliphatic heterocycles. The van der Waals surface area contributed by atoms with Crippen LogP contribution >= 0.6 is 0 Å². The van der Waals surface area contributed by atoms with Gasteiger partial charge in [-0.25, -0.2) is 4.98 Å². The van der Waals surface area contributed by atoms with Crippen LogP contribution in [0.1, 0.15) is 48.9 Å². The Morgan fingerprint density at radius 1 is 0.915 bits per heavy atom. The van der Waals surface area contributed by atoms with E-state index in [0.29, 0.717) is 24.5 Å². The molecule has 2 aromatic carbocycles. The minimum absolute atomic E-state index is 0.0834. The van der Waals surface area contributed by atoms with Crippen LogP contribution in [0.5, 0.6) is 0 Å². The molecule has 1 fully saturated rings. The number of nitrogens with zero attached hydrogens (tertiary/aromatic N) is 3. The summed E-state index contributed by atoms with van der Waals surface area (Å²) in [5.74, 6) is -0.489. The predicted molar refractivity (Wildman–Crippen MR) is 175 cm³/mol. The fourth-order valence-electron chi connectivity index (χ4n) is 5.92. The third kappa shape index (κ3) is 10.4. The van der Waals surface area contributed by atoms with E-state index in [9.17, 15) is 27.6 Å². The summed E-state index contributed by atoms with van der Waals surface area (Å²) >= 11 is 0. The highest BCUT2D eigenvalue weighted by Gasteiger charge is 2.42. The Bertz CT molecular complexity index is 1520. The van der Waals surface area contributed by atoms with Gasteiger partial charge in [-0.3, -0.25) is 19.3 Å². The average Bonchev–Trinajstić information content (AvgIpc) is 3.02. The van der Waals surface area contributed by atoms with Crippen LogP contribution in [0.2, 0.25) is 0 Å². The summed E-state index contributed by atoms with van der Waals surface area (Å²) in [6, 6.07) is 18.3. The van der Waals surface area contributed by atoms with E-state index in [1.54, 1.807) is 43.5 Å². The van der Waals surface area contributed by atoms with Gasteiger partial charge in [0.2, 0.25) is 17.7 Å². The second-order valence-electron chi connectivity index (χ2n) is 12.2. The van der Waals surface area contributed by atoms with Crippen molar-refractivity contribution in [3.05, 3.63) is 89.1 Å². The first-order valence-electron chi connectivity index (χ1n) is 15.8. The van der Waals surface area contributed by atoms with E-state index in [1.807, 2.05) is 44.3 Å². The molecular formula is C35H43F3N6O3.